The van der Waals surface area contributed by atoms with E-state index in [0.29, 0.717) is 67.0 Å². The zero-order valence-electron chi connectivity index (χ0n) is 28.2. The van der Waals surface area contributed by atoms with Gasteiger partial charge in [-0.15, -0.1) is 0 Å². The maximum absolute atomic E-state index is 14.4. The quantitative estimate of drug-likeness (QED) is 0.217. The van der Waals surface area contributed by atoms with Crippen molar-refractivity contribution in [3.05, 3.63) is 0 Å². The van der Waals surface area contributed by atoms with E-state index in [0.717, 1.165) is 44.9 Å². The molecule has 0 aromatic rings. The van der Waals surface area contributed by atoms with Crippen LogP contribution in [-0.2, 0) is 0 Å². The lowest BCUT2D eigenvalue weighted by Gasteiger charge is -2.43. The molecule has 1 saturated heterocycles. The number of aliphatic hydroxyl groups is 1. The SMILES string of the molecule is CC1CCC2C(NNC2C2CC(C(O)CC3CCC(CCCC4CCC(N(C)C)CC4)C(C(F)(F)F)C3)CCC2C)C(N)C1. The Kier molecular flexibility index (Phi) is 12.1. The number of nitrogens with two attached hydrogens (primary N) is 1. The van der Waals surface area contributed by atoms with Crippen molar-refractivity contribution in [2.75, 3.05) is 14.1 Å². The monoisotopic (exact) mass is 627 g/mol. The molecule has 1 aliphatic heterocycles. The van der Waals surface area contributed by atoms with Crippen LogP contribution in [0, 0.1) is 53.3 Å². The average molecular weight is 627 g/mol. The number of hydrazine groups is 1. The molecule has 5 rings (SSSR count). The lowest BCUT2D eigenvalue weighted by molar-refractivity contribution is -0.202. The minimum atomic E-state index is -4.14. The van der Waals surface area contributed by atoms with Crippen molar-refractivity contribution in [3.8, 4) is 0 Å². The van der Waals surface area contributed by atoms with Gasteiger partial charge in [0.1, 0.15) is 0 Å². The lowest BCUT2D eigenvalue weighted by Crippen LogP contribution is -2.46. The van der Waals surface area contributed by atoms with Crippen LogP contribution in [0.3, 0.4) is 0 Å². The summed E-state index contributed by atoms with van der Waals surface area (Å²) in [7, 11) is 4.30. The van der Waals surface area contributed by atoms with Crippen molar-refractivity contribution in [1.29, 1.82) is 0 Å². The van der Waals surface area contributed by atoms with Crippen molar-refractivity contribution in [1.82, 2.24) is 15.8 Å². The molecule has 0 bridgehead atoms. The predicted molar refractivity (Wildman–Crippen MR) is 173 cm³/mol. The molecule has 5 N–H and O–H groups in total. The average Bonchev–Trinajstić information content (AvgIpc) is 3.34. The molecule has 0 spiro atoms. The molecule has 5 aliphatic rings. The molecule has 0 aromatic carbocycles. The second kappa shape index (κ2) is 15.2. The summed E-state index contributed by atoms with van der Waals surface area (Å²) < 4.78 is 43.1. The van der Waals surface area contributed by atoms with Gasteiger partial charge in [0.15, 0.2) is 0 Å². The molecule has 8 heteroatoms. The fourth-order valence-corrected chi connectivity index (χ4v) is 10.7. The number of aliphatic hydroxyl groups excluding tert-OH is 1. The van der Waals surface area contributed by atoms with Crippen LogP contribution in [0.15, 0.2) is 0 Å². The summed E-state index contributed by atoms with van der Waals surface area (Å²) in [6.07, 6.45) is 11.7. The van der Waals surface area contributed by atoms with Gasteiger partial charge >= 0.3 is 6.18 Å². The van der Waals surface area contributed by atoms with E-state index in [-0.39, 0.29) is 30.2 Å². The fourth-order valence-electron chi connectivity index (χ4n) is 10.7. The van der Waals surface area contributed by atoms with Gasteiger partial charge in [0.25, 0.3) is 0 Å². The molecule has 12 unspecified atom stereocenters. The molecule has 0 radical (unpaired) electrons. The third-order valence-electron chi connectivity index (χ3n) is 13.6. The minimum absolute atomic E-state index is 0.0241. The van der Waals surface area contributed by atoms with E-state index in [1.165, 1.54) is 38.5 Å². The molecule has 0 aromatic heterocycles. The molecule has 12 atom stereocenters. The maximum atomic E-state index is 14.4. The molecule has 4 aliphatic carbocycles. The van der Waals surface area contributed by atoms with Gasteiger partial charge in [-0.2, -0.15) is 13.2 Å². The van der Waals surface area contributed by atoms with E-state index in [1.807, 2.05) is 0 Å². The van der Waals surface area contributed by atoms with Crippen LogP contribution in [0.2, 0.25) is 0 Å². The Bertz CT molecular complexity index is 880. The molecule has 5 fully saturated rings. The standard InChI is InChI=1S/C36H65F3N4O/c1-22-8-17-29-34(41-42-35(29)32(40)18-22)30-21-27(13-9-23(30)2)33(44)20-25-10-14-26(31(19-25)36(37,38)39)7-5-6-24-11-15-28(16-12-24)43(3)4/h22-35,41-42,44H,5-21,40H2,1-4H3. The number of nitrogens with one attached hydrogen (secondary N) is 2. The van der Waals surface area contributed by atoms with Crippen molar-refractivity contribution >= 4 is 0 Å². The highest BCUT2D eigenvalue weighted by atomic mass is 19.4. The Balaban J connectivity index is 1.11. The molecule has 4 saturated carbocycles. The topological polar surface area (TPSA) is 73.5 Å². The summed E-state index contributed by atoms with van der Waals surface area (Å²) in [5.74, 6) is 1.59. The first-order valence-electron chi connectivity index (χ1n) is 18.6. The largest absolute Gasteiger partial charge is 0.393 e. The second-order valence-corrected chi connectivity index (χ2v) is 16.8. The van der Waals surface area contributed by atoms with Crippen LogP contribution in [0.25, 0.3) is 0 Å². The van der Waals surface area contributed by atoms with E-state index in [4.69, 9.17) is 5.73 Å². The number of nitrogens with zero attached hydrogens (tertiary/aromatic N) is 1. The van der Waals surface area contributed by atoms with Crippen LogP contribution in [0.5, 0.6) is 0 Å². The first-order valence-corrected chi connectivity index (χ1v) is 18.6. The number of hydrogen-bond donors (Lipinski definition) is 4. The smallest absolute Gasteiger partial charge is 0.392 e. The molecule has 44 heavy (non-hydrogen) atoms. The molecular formula is C36H65F3N4O. The van der Waals surface area contributed by atoms with Gasteiger partial charge in [0, 0.05) is 24.2 Å². The van der Waals surface area contributed by atoms with Gasteiger partial charge in [-0.25, -0.2) is 0 Å². The Hall–Kier alpha value is -0.410. The predicted octanol–water partition coefficient (Wildman–Crippen LogP) is 7.28. The zero-order valence-corrected chi connectivity index (χ0v) is 28.2. The number of rotatable bonds is 9. The summed E-state index contributed by atoms with van der Waals surface area (Å²) in [4.78, 5) is 2.32. The fraction of sp³-hybridized carbons (Fsp3) is 1.00. The van der Waals surface area contributed by atoms with Crippen LogP contribution in [0.4, 0.5) is 13.2 Å². The Morgan fingerprint density at radius 1 is 0.795 bits per heavy atom. The highest BCUT2D eigenvalue weighted by molar-refractivity contribution is 5.03. The van der Waals surface area contributed by atoms with E-state index in [2.05, 4.69) is 43.7 Å². The van der Waals surface area contributed by atoms with Crippen LogP contribution >= 0.6 is 0 Å². The van der Waals surface area contributed by atoms with E-state index in [9.17, 15) is 18.3 Å². The van der Waals surface area contributed by atoms with Gasteiger partial charge < -0.3 is 15.7 Å². The van der Waals surface area contributed by atoms with Gasteiger partial charge in [0.2, 0.25) is 0 Å². The Labute approximate surface area is 266 Å². The highest BCUT2D eigenvalue weighted by Crippen LogP contribution is 2.49. The maximum Gasteiger partial charge on any atom is 0.392 e. The Morgan fingerprint density at radius 3 is 2.20 bits per heavy atom. The summed E-state index contributed by atoms with van der Waals surface area (Å²) in [5.41, 5.74) is 13.8. The molecule has 0 amide bonds. The van der Waals surface area contributed by atoms with Crippen LogP contribution < -0.4 is 16.6 Å². The molecular weight excluding hydrogens is 561 g/mol. The summed E-state index contributed by atoms with van der Waals surface area (Å²) in [6.45, 7) is 4.67. The first-order chi connectivity index (χ1) is 20.9. The van der Waals surface area contributed by atoms with Crippen LogP contribution in [0.1, 0.15) is 123 Å². The highest BCUT2D eigenvalue weighted by Gasteiger charge is 2.49. The third kappa shape index (κ3) is 8.54. The Morgan fingerprint density at radius 2 is 1.50 bits per heavy atom. The number of alkyl halides is 3. The summed E-state index contributed by atoms with van der Waals surface area (Å²) in [6, 6.07) is 1.49. The van der Waals surface area contributed by atoms with E-state index < -0.39 is 18.2 Å². The van der Waals surface area contributed by atoms with Gasteiger partial charge in [-0.3, -0.25) is 10.9 Å². The number of hydrogen-bond acceptors (Lipinski definition) is 5. The van der Waals surface area contributed by atoms with Gasteiger partial charge in [-0.05, 0) is 138 Å². The molecule has 5 nitrogen and oxygen atoms in total. The summed E-state index contributed by atoms with van der Waals surface area (Å²) in [5, 5.41) is 11.5. The lowest BCUT2D eigenvalue weighted by atomic mass is 9.65. The zero-order chi connectivity index (χ0) is 31.6. The normalized spacial score (nSPS) is 44.7. The van der Waals surface area contributed by atoms with Crippen LogP contribution in [-0.4, -0.2) is 60.5 Å². The van der Waals surface area contributed by atoms with Gasteiger partial charge in [0.05, 0.1) is 12.0 Å². The third-order valence-corrected chi connectivity index (χ3v) is 13.6. The van der Waals surface area contributed by atoms with Crippen molar-refractivity contribution in [3.63, 3.8) is 0 Å². The first kappa shape index (κ1) is 34.9. The molecule has 1 heterocycles. The second-order valence-electron chi connectivity index (χ2n) is 16.8. The van der Waals surface area contributed by atoms with Crippen molar-refractivity contribution < 1.29 is 18.3 Å². The van der Waals surface area contributed by atoms with Gasteiger partial charge in [-0.1, -0.05) is 46.0 Å². The summed E-state index contributed by atoms with van der Waals surface area (Å²) >= 11 is 0. The van der Waals surface area contributed by atoms with Crippen molar-refractivity contribution in [2.45, 2.75) is 159 Å². The minimum Gasteiger partial charge on any atom is -0.393 e. The van der Waals surface area contributed by atoms with E-state index in [1.54, 1.807) is 0 Å². The number of fused-ring (bicyclic) bond motifs is 1. The van der Waals surface area contributed by atoms with E-state index >= 15 is 0 Å². The number of halogens is 3. The molecule has 256 valence electrons. The van der Waals surface area contributed by atoms with Crippen molar-refractivity contribution in [2.24, 2.45) is 59.0 Å².